The molecule has 42 heavy (non-hydrogen) atoms. The molecule has 2 atom stereocenters. The summed E-state index contributed by atoms with van der Waals surface area (Å²) in [6.07, 6.45) is 1.68. The lowest BCUT2D eigenvalue weighted by atomic mass is 9.93. The Bertz CT molecular complexity index is 1440. The molecule has 2 N–H and O–H groups in total. The number of nitrogens with one attached hydrogen (secondary N) is 1. The number of rotatable bonds is 9. The van der Waals surface area contributed by atoms with E-state index in [4.69, 9.17) is 21.9 Å². The van der Waals surface area contributed by atoms with Crippen molar-refractivity contribution < 1.29 is 23.8 Å². The number of hydrogen-bond acceptors (Lipinski definition) is 9. The average Bonchev–Trinajstić information content (AvgIpc) is 3.57. The van der Waals surface area contributed by atoms with Crippen LogP contribution < -0.4 is 5.32 Å². The number of benzene rings is 1. The highest BCUT2D eigenvalue weighted by Gasteiger charge is 2.42. The Hall–Kier alpha value is -3.42. The molecule has 0 unspecified atom stereocenters. The maximum absolute atomic E-state index is 15.4. The van der Waals surface area contributed by atoms with Gasteiger partial charge in [-0.15, -0.1) is 11.3 Å². The first-order chi connectivity index (χ1) is 20.0. The van der Waals surface area contributed by atoms with Crippen LogP contribution in [0.2, 0.25) is 0 Å². The van der Waals surface area contributed by atoms with Gasteiger partial charge in [0.2, 0.25) is 0 Å². The van der Waals surface area contributed by atoms with Gasteiger partial charge < -0.3 is 25.0 Å². The number of carbonyl (C=O) groups is 2. The van der Waals surface area contributed by atoms with Crippen LogP contribution in [0.15, 0.2) is 46.0 Å². The summed E-state index contributed by atoms with van der Waals surface area (Å²) in [6.45, 7) is 10.4. The molecule has 2 fully saturated rings. The molecule has 0 amide bonds. The van der Waals surface area contributed by atoms with Crippen LogP contribution >= 0.6 is 23.6 Å². The number of aliphatic imine (C=N–C) groups is 1. The number of aliphatic carboxylic acids is 1. The minimum atomic E-state index is -0.935. The predicted molar refractivity (Wildman–Crippen MR) is 162 cm³/mol. The van der Waals surface area contributed by atoms with Gasteiger partial charge in [0.25, 0.3) is 0 Å². The molecule has 10 nitrogen and oxygen atoms in total. The molecule has 2 saturated heterocycles. The van der Waals surface area contributed by atoms with E-state index in [9.17, 15) is 14.7 Å². The van der Waals surface area contributed by atoms with Gasteiger partial charge in [-0.1, -0.05) is 12.1 Å². The fourth-order valence-electron chi connectivity index (χ4n) is 5.58. The van der Waals surface area contributed by atoms with E-state index in [-0.39, 0.29) is 18.2 Å². The van der Waals surface area contributed by atoms with Crippen LogP contribution in [0, 0.1) is 18.2 Å². The maximum atomic E-state index is 15.4. The number of halogens is 1. The molecule has 5 rings (SSSR count). The molecule has 13 heteroatoms. The van der Waals surface area contributed by atoms with Crippen molar-refractivity contribution in [3.63, 3.8) is 0 Å². The molecule has 4 heterocycles. The number of carboxylic acid groups (broad SMARTS) is 1. The minimum absolute atomic E-state index is 0.0727. The molecule has 2 aromatic rings. The Morgan fingerprint density at radius 2 is 2.07 bits per heavy atom. The Morgan fingerprint density at radius 1 is 1.29 bits per heavy atom. The molecule has 1 aromatic carbocycles. The average molecular weight is 615 g/mol. The van der Waals surface area contributed by atoms with E-state index in [0.29, 0.717) is 66.5 Å². The number of ether oxygens (including phenoxy) is 1. The van der Waals surface area contributed by atoms with Crippen LogP contribution in [0.5, 0.6) is 0 Å². The van der Waals surface area contributed by atoms with Gasteiger partial charge in [-0.05, 0) is 51.5 Å². The summed E-state index contributed by atoms with van der Waals surface area (Å²) < 4.78 is 20.8. The van der Waals surface area contributed by atoms with Crippen LogP contribution in [0.3, 0.4) is 0 Å². The molecule has 0 spiro atoms. The Kier molecular flexibility index (Phi) is 8.63. The number of carbonyl (C=O) groups excluding carboxylic acids is 1. The first-order valence-corrected chi connectivity index (χ1v) is 15.2. The van der Waals surface area contributed by atoms with Crippen molar-refractivity contribution in [2.75, 3.05) is 45.9 Å². The zero-order valence-electron chi connectivity index (χ0n) is 24.1. The van der Waals surface area contributed by atoms with E-state index >= 15 is 4.39 Å². The van der Waals surface area contributed by atoms with Crippen LogP contribution in [-0.2, 0) is 14.3 Å². The van der Waals surface area contributed by atoms with Gasteiger partial charge in [0.1, 0.15) is 11.9 Å². The number of fused-ring (bicyclic) bond motifs is 1. The second-order valence-electron chi connectivity index (χ2n) is 11.4. The highest BCUT2D eigenvalue weighted by molar-refractivity contribution is 7.80. The van der Waals surface area contributed by atoms with Crippen LogP contribution in [0.25, 0.3) is 0 Å². The largest absolute Gasteiger partial charge is 0.481 e. The summed E-state index contributed by atoms with van der Waals surface area (Å²) >= 11 is 7.13. The molecule has 0 saturated carbocycles. The standard InChI is InChI=1S/C29H35FN6O4S2/c1-5-40-26(37)22-21(15-34-9-10-36-18(13-34)14-35(28(36)41)16-29(3,4)27(38)39)32-24(25-31-8-11-42-25)33-23(22)19-7-6-17(2)12-20(19)30/h6-8,11-12,18,23H,5,9-10,13-16H2,1-4H3,(H,32,33)(H,38,39)/t18-,23-/m0/s1. The second-order valence-corrected chi connectivity index (χ2v) is 12.7. The smallest absolute Gasteiger partial charge is 0.338 e. The Labute approximate surface area is 253 Å². The van der Waals surface area contributed by atoms with Gasteiger partial charge in [0.05, 0.1) is 23.6 Å². The zero-order valence-corrected chi connectivity index (χ0v) is 25.7. The summed E-state index contributed by atoms with van der Waals surface area (Å²) in [5.41, 5.74) is 0.990. The highest BCUT2D eigenvalue weighted by Crippen LogP contribution is 2.35. The number of amidine groups is 1. The number of hydrogen-bond donors (Lipinski definition) is 2. The van der Waals surface area contributed by atoms with E-state index in [0.717, 1.165) is 5.56 Å². The number of thiocarbonyl (C=S) groups is 1. The van der Waals surface area contributed by atoms with E-state index in [1.54, 1.807) is 39.1 Å². The Morgan fingerprint density at radius 3 is 2.74 bits per heavy atom. The lowest BCUT2D eigenvalue weighted by molar-refractivity contribution is -0.147. The molecule has 0 aliphatic carbocycles. The van der Waals surface area contributed by atoms with Crippen molar-refractivity contribution in [3.8, 4) is 0 Å². The van der Waals surface area contributed by atoms with Crippen LogP contribution in [0.1, 0.15) is 42.9 Å². The lowest BCUT2D eigenvalue weighted by Crippen LogP contribution is -2.53. The molecule has 0 bridgehead atoms. The number of piperazine rings is 1. The minimum Gasteiger partial charge on any atom is -0.481 e. The number of esters is 1. The molecular formula is C29H35FN6O4S2. The van der Waals surface area contributed by atoms with Gasteiger partial charge in [0, 0.05) is 62.1 Å². The molecule has 3 aliphatic heterocycles. The quantitative estimate of drug-likeness (QED) is 0.323. The lowest BCUT2D eigenvalue weighted by Gasteiger charge is -2.38. The molecule has 1 aromatic heterocycles. The number of aromatic nitrogens is 1. The number of carboxylic acids is 1. The first-order valence-electron chi connectivity index (χ1n) is 13.9. The normalized spacial score (nSPS) is 21.3. The van der Waals surface area contributed by atoms with Gasteiger partial charge in [-0.3, -0.25) is 14.7 Å². The fraction of sp³-hybridized carbons (Fsp3) is 0.483. The zero-order chi connectivity index (χ0) is 30.2. The van der Waals surface area contributed by atoms with E-state index < -0.39 is 29.2 Å². The van der Waals surface area contributed by atoms with Crippen LogP contribution in [-0.4, -0.2) is 99.6 Å². The van der Waals surface area contributed by atoms with Gasteiger partial charge in [-0.25, -0.2) is 14.2 Å². The number of aryl methyl sites for hydroxylation is 1. The van der Waals surface area contributed by atoms with Crippen molar-refractivity contribution in [1.82, 2.24) is 25.0 Å². The molecule has 224 valence electrons. The molecule has 0 radical (unpaired) electrons. The topological polar surface area (TPSA) is 111 Å². The van der Waals surface area contributed by atoms with E-state index in [1.165, 1.54) is 17.4 Å². The van der Waals surface area contributed by atoms with Crippen molar-refractivity contribution >= 4 is 46.4 Å². The Balaban J connectivity index is 1.45. The van der Waals surface area contributed by atoms with Gasteiger partial charge >= 0.3 is 11.9 Å². The third kappa shape index (κ3) is 6.04. The number of nitrogens with zero attached hydrogens (tertiary/aromatic N) is 5. The van der Waals surface area contributed by atoms with Crippen molar-refractivity contribution in [2.45, 2.75) is 39.8 Å². The van der Waals surface area contributed by atoms with Crippen LogP contribution in [0.4, 0.5) is 4.39 Å². The SMILES string of the molecule is CCOC(=O)C1=C(CN2CCN3C(=S)N(CC(C)(C)C(=O)O)C[C@@H]3C2)NC(c2nccs2)=N[C@H]1c1ccc(C)cc1F. The van der Waals surface area contributed by atoms with Gasteiger partial charge in [-0.2, -0.15) is 0 Å². The maximum Gasteiger partial charge on any atom is 0.338 e. The molecular weight excluding hydrogens is 579 g/mol. The van der Waals surface area contributed by atoms with Crippen molar-refractivity contribution in [1.29, 1.82) is 0 Å². The number of thiazole rings is 1. The first kappa shape index (κ1) is 30.1. The highest BCUT2D eigenvalue weighted by atomic mass is 32.1. The summed E-state index contributed by atoms with van der Waals surface area (Å²) in [4.78, 5) is 40.7. The second kappa shape index (κ2) is 12.1. The van der Waals surface area contributed by atoms with Gasteiger partial charge in [0.15, 0.2) is 16.0 Å². The van der Waals surface area contributed by atoms with E-state index in [2.05, 4.69) is 20.1 Å². The van der Waals surface area contributed by atoms with E-state index in [1.807, 2.05) is 17.2 Å². The third-order valence-electron chi connectivity index (χ3n) is 7.77. The van der Waals surface area contributed by atoms with Crippen molar-refractivity contribution in [3.05, 3.63) is 63.0 Å². The monoisotopic (exact) mass is 614 g/mol. The van der Waals surface area contributed by atoms with Crippen molar-refractivity contribution in [2.24, 2.45) is 10.4 Å². The summed E-state index contributed by atoms with van der Waals surface area (Å²) in [6, 6.07) is 4.09. The fourth-order valence-corrected chi connectivity index (χ4v) is 6.55. The third-order valence-corrected chi connectivity index (χ3v) is 9.04. The summed E-state index contributed by atoms with van der Waals surface area (Å²) in [5.74, 6) is -1.38. The molecule has 3 aliphatic rings. The summed E-state index contributed by atoms with van der Waals surface area (Å²) in [5, 5.41) is 16.1. The predicted octanol–water partition coefficient (Wildman–Crippen LogP) is 3.20. The summed E-state index contributed by atoms with van der Waals surface area (Å²) in [7, 11) is 0.